The molecule has 0 radical (unpaired) electrons. The maximum absolute atomic E-state index is 12.0. The number of hydrogen-bond donors (Lipinski definition) is 2. The summed E-state index contributed by atoms with van der Waals surface area (Å²) in [5.41, 5.74) is 1.98. The molecule has 1 amide bonds. The summed E-state index contributed by atoms with van der Waals surface area (Å²) < 4.78 is 5.09. The highest BCUT2D eigenvalue weighted by Crippen LogP contribution is 2.12. The topological polar surface area (TPSA) is 58.6 Å². The number of hydrogen-bond acceptors (Lipinski definition) is 3. The molecule has 2 N–H and O–H groups in total. The molecule has 1 atom stereocenters. The average molecular weight is 311 g/mol. The molecular weight excluding hydrogens is 290 g/mol. The molecule has 2 aromatic rings. The van der Waals surface area contributed by atoms with E-state index in [1.165, 1.54) is 6.08 Å². The van der Waals surface area contributed by atoms with Crippen LogP contribution in [0.3, 0.4) is 0 Å². The molecule has 0 saturated carbocycles. The van der Waals surface area contributed by atoms with Gasteiger partial charge in [-0.1, -0.05) is 42.5 Å². The van der Waals surface area contributed by atoms with Crippen molar-refractivity contribution in [1.29, 1.82) is 0 Å². The van der Waals surface area contributed by atoms with Gasteiger partial charge in [-0.3, -0.25) is 4.79 Å². The van der Waals surface area contributed by atoms with E-state index in [-0.39, 0.29) is 18.6 Å². The van der Waals surface area contributed by atoms with Crippen molar-refractivity contribution < 1.29 is 14.6 Å². The van der Waals surface area contributed by atoms with Crippen LogP contribution >= 0.6 is 0 Å². The Morgan fingerprint density at radius 1 is 1.17 bits per heavy atom. The highest BCUT2D eigenvalue weighted by molar-refractivity contribution is 5.91. The van der Waals surface area contributed by atoms with Crippen molar-refractivity contribution >= 4 is 12.0 Å². The number of benzene rings is 2. The fourth-order valence-electron chi connectivity index (χ4n) is 2.20. The number of nitrogens with one attached hydrogen (secondary N) is 1. The first-order valence-corrected chi connectivity index (χ1v) is 7.48. The van der Waals surface area contributed by atoms with Gasteiger partial charge in [-0.05, 0) is 35.8 Å². The lowest BCUT2D eigenvalue weighted by Crippen LogP contribution is -2.38. The van der Waals surface area contributed by atoms with Crippen molar-refractivity contribution in [2.24, 2.45) is 0 Å². The van der Waals surface area contributed by atoms with E-state index in [1.807, 2.05) is 54.6 Å². The first kappa shape index (κ1) is 16.8. The zero-order chi connectivity index (χ0) is 16.5. The van der Waals surface area contributed by atoms with E-state index in [4.69, 9.17) is 4.74 Å². The van der Waals surface area contributed by atoms with Crippen molar-refractivity contribution in [2.75, 3.05) is 13.7 Å². The molecule has 0 spiro atoms. The molecule has 23 heavy (non-hydrogen) atoms. The van der Waals surface area contributed by atoms with Crippen LogP contribution in [0.4, 0.5) is 0 Å². The summed E-state index contributed by atoms with van der Waals surface area (Å²) >= 11 is 0. The zero-order valence-electron chi connectivity index (χ0n) is 13.1. The normalized spacial score (nSPS) is 12.1. The van der Waals surface area contributed by atoms with Gasteiger partial charge < -0.3 is 15.2 Å². The van der Waals surface area contributed by atoms with Crippen LogP contribution in [-0.4, -0.2) is 30.8 Å². The monoisotopic (exact) mass is 311 g/mol. The summed E-state index contributed by atoms with van der Waals surface area (Å²) in [5.74, 6) is 0.547. The fourth-order valence-corrected chi connectivity index (χ4v) is 2.20. The van der Waals surface area contributed by atoms with Crippen LogP contribution in [0.1, 0.15) is 11.1 Å². The number of ether oxygens (including phenoxy) is 1. The zero-order valence-corrected chi connectivity index (χ0v) is 13.1. The van der Waals surface area contributed by atoms with Crippen LogP contribution in [0.15, 0.2) is 60.7 Å². The number of carbonyl (C=O) groups is 1. The molecule has 2 rings (SSSR count). The molecule has 120 valence electrons. The number of methoxy groups -OCH3 is 1. The van der Waals surface area contributed by atoms with E-state index in [2.05, 4.69) is 5.32 Å². The van der Waals surface area contributed by atoms with E-state index in [0.29, 0.717) is 6.42 Å². The van der Waals surface area contributed by atoms with Crippen LogP contribution in [-0.2, 0) is 11.2 Å². The molecule has 0 fully saturated rings. The van der Waals surface area contributed by atoms with Gasteiger partial charge >= 0.3 is 0 Å². The second-order valence-corrected chi connectivity index (χ2v) is 5.18. The minimum atomic E-state index is -0.301. The van der Waals surface area contributed by atoms with Crippen molar-refractivity contribution in [2.45, 2.75) is 12.5 Å². The molecule has 4 heteroatoms. The molecule has 0 unspecified atom stereocenters. The number of aliphatic hydroxyl groups is 1. The third kappa shape index (κ3) is 5.60. The Morgan fingerprint density at radius 2 is 1.87 bits per heavy atom. The second-order valence-electron chi connectivity index (χ2n) is 5.18. The van der Waals surface area contributed by atoms with Gasteiger partial charge in [0.2, 0.25) is 5.91 Å². The van der Waals surface area contributed by atoms with Crippen LogP contribution in [0.2, 0.25) is 0 Å². The summed E-state index contributed by atoms with van der Waals surface area (Å²) in [6.07, 6.45) is 3.79. The molecule has 4 nitrogen and oxygen atoms in total. The Bertz CT molecular complexity index is 635. The average Bonchev–Trinajstić information content (AvgIpc) is 2.60. The molecule has 0 heterocycles. The lowest BCUT2D eigenvalue weighted by molar-refractivity contribution is -0.117. The maximum Gasteiger partial charge on any atom is 0.244 e. The smallest absolute Gasteiger partial charge is 0.244 e. The van der Waals surface area contributed by atoms with Crippen LogP contribution in [0, 0.1) is 0 Å². The van der Waals surface area contributed by atoms with Gasteiger partial charge in [0, 0.05) is 6.08 Å². The van der Waals surface area contributed by atoms with E-state index in [9.17, 15) is 9.90 Å². The summed E-state index contributed by atoms with van der Waals surface area (Å²) in [6.45, 7) is -0.100. The van der Waals surface area contributed by atoms with Gasteiger partial charge in [-0.15, -0.1) is 0 Å². The minimum absolute atomic E-state index is 0.100. The Kier molecular flexibility index (Phi) is 6.39. The first-order valence-electron chi connectivity index (χ1n) is 7.48. The molecular formula is C19H21NO3. The largest absolute Gasteiger partial charge is 0.497 e. The number of rotatable bonds is 7. The van der Waals surface area contributed by atoms with E-state index in [0.717, 1.165) is 16.9 Å². The molecule has 0 aliphatic heterocycles. The second kappa shape index (κ2) is 8.76. The Morgan fingerprint density at radius 3 is 2.48 bits per heavy atom. The van der Waals surface area contributed by atoms with Crippen molar-refractivity contribution in [1.82, 2.24) is 5.32 Å². The van der Waals surface area contributed by atoms with Gasteiger partial charge in [0.05, 0.1) is 19.8 Å². The SMILES string of the molecule is COc1ccc(C=CC(=O)N[C@@H](CO)Cc2ccccc2)cc1. The van der Waals surface area contributed by atoms with Crippen molar-refractivity contribution in [3.8, 4) is 5.75 Å². The van der Waals surface area contributed by atoms with E-state index < -0.39 is 0 Å². The Hall–Kier alpha value is -2.59. The van der Waals surface area contributed by atoms with Gasteiger partial charge in [0.1, 0.15) is 5.75 Å². The lowest BCUT2D eigenvalue weighted by atomic mass is 10.1. The fraction of sp³-hybridized carbons (Fsp3) is 0.211. The third-order valence-corrected chi connectivity index (χ3v) is 3.43. The molecule has 0 aromatic heterocycles. The van der Waals surface area contributed by atoms with Gasteiger partial charge in [-0.2, -0.15) is 0 Å². The Balaban J connectivity index is 1.89. The Labute approximate surface area is 136 Å². The van der Waals surface area contributed by atoms with Crippen LogP contribution in [0.25, 0.3) is 6.08 Å². The standard InChI is InChI=1S/C19H21NO3/c1-23-18-10-7-15(8-11-18)9-12-19(22)20-17(14-21)13-16-5-3-2-4-6-16/h2-12,17,21H,13-14H2,1H3,(H,20,22)/t17-/m1/s1. The molecule has 0 bridgehead atoms. The predicted molar refractivity (Wildman–Crippen MR) is 91.2 cm³/mol. The number of amides is 1. The minimum Gasteiger partial charge on any atom is -0.497 e. The summed E-state index contributed by atoms with van der Waals surface area (Å²) in [7, 11) is 1.61. The highest BCUT2D eigenvalue weighted by atomic mass is 16.5. The quantitative estimate of drug-likeness (QED) is 0.772. The number of aliphatic hydroxyl groups excluding tert-OH is 1. The molecule has 0 aliphatic carbocycles. The molecule has 0 aliphatic rings. The first-order chi connectivity index (χ1) is 11.2. The van der Waals surface area contributed by atoms with Gasteiger partial charge in [0.15, 0.2) is 0 Å². The van der Waals surface area contributed by atoms with E-state index >= 15 is 0 Å². The number of carbonyl (C=O) groups excluding carboxylic acids is 1. The van der Waals surface area contributed by atoms with Gasteiger partial charge in [-0.25, -0.2) is 0 Å². The highest BCUT2D eigenvalue weighted by Gasteiger charge is 2.10. The summed E-state index contributed by atoms with van der Waals surface area (Å²) in [4.78, 5) is 12.0. The molecule has 2 aromatic carbocycles. The maximum atomic E-state index is 12.0. The van der Waals surface area contributed by atoms with Crippen molar-refractivity contribution in [3.05, 3.63) is 71.8 Å². The van der Waals surface area contributed by atoms with Gasteiger partial charge in [0.25, 0.3) is 0 Å². The van der Waals surface area contributed by atoms with E-state index in [1.54, 1.807) is 13.2 Å². The third-order valence-electron chi connectivity index (χ3n) is 3.43. The lowest BCUT2D eigenvalue weighted by Gasteiger charge is -2.15. The predicted octanol–water partition coefficient (Wildman–Crippen LogP) is 2.43. The summed E-state index contributed by atoms with van der Waals surface area (Å²) in [5, 5.41) is 12.2. The summed E-state index contributed by atoms with van der Waals surface area (Å²) in [6, 6.07) is 16.9. The van der Waals surface area contributed by atoms with Crippen LogP contribution < -0.4 is 10.1 Å². The molecule has 0 saturated heterocycles. The van der Waals surface area contributed by atoms with Crippen LogP contribution in [0.5, 0.6) is 5.75 Å². The van der Waals surface area contributed by atoms with Crippen molar-refractivity contribution in [3.63, 3.8) is 0 Å².